The summed E-state index contributed by atoms with van der Waals surface area (Å²) in [6, 6.07) is -0.500. The first kappa shape index (κ1) is 14.2. The molecule has 1 saturated heterocycles. The van der Waals surface area contributed by atoms with Crippen LogP contribution < -0.4 is 5.48 Å². The summed E-state index contributed by atoms with van der Waals surface area (Å²) in [5, 5.41) is 8.32. The van der Waals surface area contributed by atoms with Crippen LogP contribution in [0.25, 0.3) is 0 Å². The van der Waals surface area contributed by atoms with Gasteiger partial charge in [-0.3, -0.25) is 9.63 Å². The third-order valence-electron chi connectivity index (χ3n) is 2.67. The molecule has 0 spiro atoms. The van der Waals surface area contributed by atoms with E-state index in [0.717, 1.165) is 0 Å². The van der Waals surface area contributed by atoms with Crippen LogP contribution in [0.5, 0.6) is 0 Å². The van der Waals surface area contributed by atoms with Crippen molar-refractivity contribution in [2.75, 3.05) is 26.8 Å². The highest BCUT2D eigenvalue weighted by Gasteiger charge is 2.27. The summed E-state index contributed by atoms with van der Waals surface area (Å²) in [6.07, 6.45) is 1.05. The predicted molar refractivity (Wildman–Crippen MR) is 58.4 cm³/mol. The molecule has 0 aromatic rings. The topological polar surface area (TPSA) is 105 Å². The summed E-state index contributed by atoms with van der Waals surface area (Å²) >= 11 is 0. The number of methoxy groups -OCH3 is 1. The molecule has 0 radical (unpaired) electrons. The molecule has 0 aliphatic carbocycles. The summed E-state index contributed by atoms with van der Waals surface area (Å²) in [6.45, 7) is 0.217. The molecule has 1 heterocycles. The van der Waals surface area contributed by atoms with Crippen molar-refractivity contribution >= 4 is 18.0 Å². The minimum atomic E-state index is -1.17. The summed E-state index contributed by atoms with van der Waals surface area (Å²) in [5.74, 6) is -1.61. The molecule has 102 valence electrons. The monoisotopic (exact) mass is 260 g/mol. The lowest BCUT2D eigenvalue weighted by Gasteiger charge is -2.30. The van der Waals surface area contributed by atoms with Gasteiger partial charge in [-0.1, -0.05) is 0 Å². The fraction of sp³-hybridized carbons (Fsp3) is 0.700. The molecule has 8 nitrogen and oxygen atoms in total. The number of hydrogen-bond acceptors (Lipinski definition) is 5. The summed E-state index contributed by atoms with van der Waals surface area (Å²) < 4.78 is 4.63. The number of likely N-dealkylation sites (tertiary alicyclic amines) is 1. The lowest BCUT2D eigenvalue weighted by Crippen LogP contribution is -2.45. The van der Waals surface area contributed by atoms with Gasteiger partial charge in [0.1, 0.15) is 0 Å². The molecule has 18 heavy (non-hydrogen) atoms. The van der Waals surface area contributed by atoms with Crippen LogP contribution in [0.2, 0.25) is 0 Å². The number of carbonyl (C=O) groups excluding carboxylic acids is 2. The summed E-state index contributed by atoms with van der Waals surface area (Å²) in [5.41, 5.74) is 2.03. The Morgan fingerprint density at radius 2 is 1.94 bits per heavy atom. The summed E-state index contributed by atoms with van der Waals surface area (Å²) in [4.78, 5) is 38.9. The van der Waals surface area contributed by atoms with Gasteiger partial charge in [0.05, 0.1) is 13.0 Å². The van der Waals surface area contributed by atoms with E-state index in [1.54, 1.807) is 0 Å². The Morgan fingerprint density at radius 1 is 1.33 bits per heavy atom. The highest BCUT2D eigenvalue weighted by molar-refractivity contribution is 5.75. The van der Waals surface area contributed by atoms with Crippen molar-refractivity contribution in [1.82, 2.24) is 10.4 Å². The molecule has 0 aromatic heterocycles. The number of ether oxygens (including phenoxy) is 1. The van der Waals surface area contributed by atoms with Crippen molar-refractivity contribution in [3.63, 3.8) is 0 Å². The van der Waals surface area contributed by atoms with E-state index in [4.69, 9.17) is 5.11 Å². The number of aliphatic carboxylic acids is 1. The van der Waals surface area contributed by atoms with Gasteiger partial charge in [0, 0.05) is 13.1 Å². The lowest BCUT2D eigenvalue weighted by atomic mass is 9.97. The van der Waals surface area contributed by atoms with Crippen molar-refractivity contribution in [3.05, 3.63) is 0 Å². The molecule has 0 saturated carbocycles. The van der Waals surface area contributed by atoms with E-state index in [1.807, 2.05) is 5.48 Å². The Kier molecular flexibility index (Phi) is 5.37. The molecule has 1 aliphatic rings. The van der Waals surface area contributed by atoms with Gasteiger partial charge < -0.3 is 14.7 Å². The predicted octanol–water partition coefficient (Wildman–Crippen LogP) is -0.403. The quantitative estimate of drug-likeness (QED) is 0.526. The van der Waals surface area contributed by atoms with Crippen LogP contribution >= 0.6 is 0 Å². The number of amides is 2. The molecular formula is C10H16N2O6. The molecule has 1 fully saturated rings. The molecule has 2 N–H and O–H groups in total. The normalized spacial score (nSPS) is 16.2. The van der Waals surface area contributed by atoms with Crippen molar-refractivity contribution < 1.29 is 29.1 Å². The van der Waals surface area contributed by atoms with Crippen molar-refractivity contribution in [1.29, 1.82) is 0 Å². The molecule has 8 heteroatoms. The van der Waals surface area contributed by atoms with Crippen molar-refractivity contribution in [2.24, 2.45) is 5.92 Å². The van der Waals surface area contributed by atoms with Gasteiger partial charge in [-0.15, -0.1) is 0 Å². The Hall–Kier alpha value is -1.83. The highest BCUT2D eigenvalue weighted by Crippen LogP contribution is 2.18. The molecule has 1 aliphatic heterocycles. The Bertz CT molecular complexity index is 324. The minimum Gasteiger partial charge on any atom is -0.479 e. The molecule has 0 aromatic carbocycles. The number of hydroxylamine groups is 1. The third kappa shape index (κ3) is 4.21. The third-order valence-corrected chi connectivity index (χ3v) is 2.67. The first-order chi connectivity index (χ1) is 8.54. The fourth-order valence-electron chi connectivity index (χ4n) is 1.71. The van der Waals surface area contributed by atoms with Crippen LogP contribution in [0.4, 0.5) is 4.79 Å². The number of carbonyl (C=O) groups is 3. The Balaban J connectivity index is 2.27. The van der Waals surface area contributed by atoms with E-state index in [9.17, 15) is 14.4 Å². The maximum atomic E-state index is 11.5. The first-order valence-corrected chi connectivity index (χ1v) is 5.51. The van der Waals surface area contributed by atoms with Gasteiger partial charge in [-0.2, -0.15) is 0 Å². The van der Waals surface area contributed by atoms with Crippen LogP contribution in [0, 0.1) is 5.92 Å². The standard InChI is InChI=1S/C10H16N2O6/c1-17-9(15)7-2-4-12(5-3-7)10(16)11-18-6-8(13)14/h7H,2-6H2,1H3,(H,11,16)(H,13,14). The molecule has 0 unspecified atom stereocenters. The van der Waals surface area contributed by atoms with Crippen LogP contribution in [0.15, 0.2) is 0 Å². The lowest BCUT2D eigenvalue weighted by molar-refractivity contribution is -0.147. The number of rotatable bonds is 4. The van der Waals surface area contributed by atoms with E-state index in [-0.39, 0.29) is 11.9 Å². The number of nitrogens with zero attached hydrogens (tertiary/aromatic N) is 1. The minimum absolute atomic E-state index is 0.181. The number of piperidine rings is 1. The molecule has 1 rings (SSSR count). The second-order valence-corrected chi connectivity index (χ2v) is 3.87. The highest BCUT2D eigenvalue weighted by atomic mass is 16.7. The van der Waals surface area contributed by atoms with Crippen LogP contribution in [0.1, 0.15) is 12.8 Å². The van der Waals surface area contributed by atoms with Gasteiger partial charge >= 0.3 is 18.0 Å². The van der Waals surface area contributed by atoms with E-state index < -0.39 is 18.6 Å². The zero-order chi connectivity index (χ0) is 13.5. The number of carboxylic acids is 1. The molecule has 0 atom stereocenters. The van der Waals surface area contributed by atoms with Gasteiger partial charge in [0.15, 0.2) is 6.61 Å². The fourth-order valence-corrected chi connectivity index (χ4v) is 1.71. The first-order valence-electron chi connectivity index (χ1n) is 5.51. The molecular weight excluding hydrogens is 244 g/mol. The molecule has 2 amide bonds. The molecule has 0 bridgehead atoms. The zero-order valence-electron chi connectivity index (χ0n) is 10.0. The number of hydrogen-bond donors (Lipinski definition) is 2. The Labute approximate surface area is 104 Å². The van der Waals surface area contributed by atoms with E-state index >= 15 is 0 Å². The number of nitrogens with one attached hydrogen (secondary N) is 1. The maximum Gasteiger partial charge on any atom is 0.341 e. The van der Waals surface area contributed by atoms with E-state index in [0.29, 0.717) is 25.9 Å². The van der Waals surface area contributed by atoms with Crippen LogP contribution in [-0.4, -0.2) is 54.8 Å². The van der Waals surface area contributed by atoms with E-state index in [1.165, 1.54) is 12.0 Å². The average molecular weight is 260 g/mol. The van der Waals surface area contributed by atoms with Gasteiger partial charge in [-0.05, 0) is 12.8 Å². The van der Waals surface area contributed by atoms with Gasteiger partial charge in [0.25, 0.3) is 0 Å². The number of carboxylic acid groups (broad SMARTS) is 1. The number of urea groups is 1. The Morgan fingerprint density at radius 3 is 2.44 bits per heavy atom. The zero-order valence-corrected chi connectivity index (χ0v) is 10.0. The number of esters is 1. The second kappa shape index (κ2) is 6.80. The smallest absolute Gasteiger partial charge is 0.341 e. The van der Waals surface area contributed by atoms with Crippen LogP contribution in [-0.2, 0) is 19.2 Å². The van der Waals surface area contributed by atoms with Crippen molar-refractivity contribution in [2.45, 2.75) is 12.8 Å². The van der Waals surface area contributed by atoms with E-state index in [2.05, 4.69) is 9.57 Å². The SMILES string of the molecule is COC(=O)C1CCN(C(=O)NOCC(=O)O)CC1. The van der Waals surface area contributed by atoms with Gasteiger partial charge in [0.2, 0.25) is 0 Å². The average Bonchev–Trinajstić information content (AvgIpc) is 2.37. The second-order valence-electron chi connectivity index (χ2n) is 3.87. The van der Waals surface area contributed by atoms with Gasteiger partial charge in [-0.25, -0.2) is 15.1 Å². The summed E-state index contributed by atoms with van der Waals surface area (Å²) in [7, 11) is 1.33. The van der Waals surface area contributed by atoms with Crippen molar-refractivity contribution in [3.8, 4) is 0 Å². The van der Waals surface area contributed by atoms with Crippen LogP contribution in [0.3, 0.4) is 0 Å². The maximum absolute atomic E-state index is 11.5. The largest absolute Gasteiger partial charge is 0.479 e.